The van der Waals surface area contributed by atoms with Gasteiger partial charge in [-0.05, 0) is 25.0 Å². The average Bonchev–Trinajstić information content (AvgIpc) is 3.83. The summed E-state index contributed by atoms with van der Waals surface area (Å²) in [5.74, 6) is -8.55. The normalized spacial score (nSPS) is 47.7. The van der Waals surface area contributed by atoms with E-state index in [1.54, 1.807) is 26.8 Å². The fraction of sp³-hybridized carbons (Fsp3) is 0.676. The number of furan rings is 1. The Labute approximate surface area is 308 Å². The topological polar surface area (TPSA) is 219 Å². The average molecular weight is 759 g/mol. The summed E-state index contributed by atoms with van der Waals surface area (Å²) < 4.78 is 61.6. The molecule has 0 aromatic carbocycles. The van der Waals surface area contributed by atoms with Crippen molar-refractivity contribution < 1.29 is 80.9 Å². The van der Waals surface area contributed by atoms with Gasteiger partial charge in [-0.2, -0.15) is 0 Å². The van der Waals surface area contributed by atoms with Crippen molar-refractivity contribution >= 4 is 35.8 Å². The first kappa shape index (κ1) is 36.6. The second-order valence-corrected chi connectivity index (χ2v) is 16.3. The monoisotopic (exact) mass is 758 g/mol. The Balaban J connectivity index is 1.53. The zero-order valence-corrected chi connectivity index (χ0v) is 31.2. The smallest absolute Gasteiger partial charge is 0.347 e. The molecule has 2 saturated heterocycles. The minimum absolute atomic E-state index is 0.124. The number of carbonyl (C=O) groups excluding carboxylic acids is 6. The van der Waals surface area contributed by atoms with Gasteiger partial charge in [0.1, 0.15) is 29.5 Å². The second kappa shape index (κ2) is 10.7. The zero-order chi connectivity index (χ0) is 39.4. The Kier molecular flexibility index (Phi) is 7.26. The van der Waals surface area contributed by atoms with Gasteiger partial charge < -0.3 is 52.2 Å². The number of rotatable bonds is 7. The predicted molar refractivity (Wildman–Crippen MR) is 172 cm³/mol. The van der Waals surface area contributed by atoms with Crippen molar-refractivity contribution in [1.29, 1.82) is 0 Å². The van der Waals surface area contributed by atoms with Crippen LogP contribution in [-0.4, -0.2) is 101 Å². The fourth-order valence-electron chi connectivity index (χ4n) is 12.5. The number of hydrogen-bond donors (Lipinski definition) is 1. The van der Waals surface area contributed by atoms with Crippen molar-refractivity contribution in [3.05, 3.63) is 35.8 Å². The molecular weight excluding hydrogens is 716 g/mol. The first-order valence-electron chi connectivity index (χ1n) is 17.6. The third-order valence-electron chi connectivity index (χ3n) is 13.6. The highest BCUT2D eigenvalue weighted by atomic mass is 17.0. The largest absolute Gasteiger partial charge is 0.472 e. The Bertz CT molecular complexity index is 1940. The molecule has 0 radical (unpaired) electrons. The number of hydrogen-bond acceptors (Lipinski definition) is 17. The van der Waals surface area contributed by atoms with Crippen molar-refractivity contribution in [3.63, 3.8) is 0 Å². The summed E-state index contributed by atoms with van der Waals surface area (Å²) in [5, 5.41) is 13.8. The van der Waals surface area contributed by atoms with Gasteiger partial charge >= 0.3 is 35.8 Å². The maximum atomic E-state index is 13.9. The van der Waals surface area contributed by atoms with E-state index in [0.717, 1.165) is 27.9 Å². The minimum atomic E-state index is -2.35. The summed E-state index contributed by atoms with van der Waals surface area (Å²) >= 11 is 0. The van der Waals surface area contributed by atoms with E-state index in [1.165, 1.54) is 32.4 Å². The van der Waals surface area contributed by atoms with Crippen LogP contribution in [0.5, 0.6) is 0 Å². The first-order valence-corrected chi connectivity index (χ1v) is 17.6. The van der Waals surface area contributed by atoms with E-state index in [1.807, 2.05) is 0 Å². The van der Waals surface area contributed by atoms with Crippen LogP contribution in [0.25, 0.3) is 0 Å². The zero-order valence-electron chi connectivity index (χ0n) is 31.2. The Morgan fingerprint density at radius 2 is 1.63 bits per heavy atom. The van der Waals surface area contributed by atoms with E-state index in [2.05, 4.69) is 0 Å². The molecule has 17 nitrogen and oxygen atoms in total. The third-order valence-corrected chi connectivity index (χ3v) is 13.6. The molecule has 8 rings (SSSR count). The molecule has 4 heterocycles. The maximum absolute atomic E-state index is 13.9. The van der Waals surface area contributed by atoms with Crippen LogP contribution in [0.1, 0.15) is 79.9 Å². The molecule has 6 fully saturated rings. The Hall–Kier alpha value is -4.32. The van der Waals surface area contributed by atoms with Crippen LogP contribution in [0.3, 0.4) is 0 Å². The first-order chi connectivity index (χ1) is 25.1. The molecule has 14 atom stereocenters. The number of esters is 6. The molecular formula is C37H42O17. The standard InChI is InChI=1S/C37H42O17/c1-16(38)47-22-13-35-32(7)25(24(27(43)45-9)48-17(2)39)30(5)15-34(32,44)37(51-19(4)41,28(30)49-18(3)40)29-36(35,54-33(8,52-29)53-35)21-12-23(42)50-26(31(21,22)6)20-10-11-46-14-20/h10-12,14,22,24-26,28-29,44H,13,15H2,1-9H3/t22-,24-,25-,26-,28-,29-,30+,31-,32-,33?,34?,35-,36+,37+/m1/s1. The Morgan fingerprint density at radius 1 is 0.944 bits per heavy atom. The molecule has 1 N–H and O–H groups in total. The molecule has 1 aromatic rings. The van der Waals surface area contributed by atoms with Gasteiger partial charge in [0.25, 0.3) is 5.97 Å². The van der Waals surface area contributed by atoms with Gasteiger partial charge in [-0.25, -0.2) is 9.59 Å². The lowest BCUT2D eigenvalue weighted by Gasteiger charge is -2.76. The molecule has 4 bridgehead atoms. The van der Waals surface area contributed by atoms with Crippen LogP contribution >= 0.6 is 0 Å². The van der Waals surface area contributed by atoms with Crippen molar-refractivity contribution in [1.82, 2.24) is 0 Å². The third kappa shape index (κ3) is 3.78. The molecule has 3 aliphatic heterocycles. The molecule has 7 aliphatic rings. The summed E-state index contributed by atoms with van der Waals surface area (Å²) in [6.45, 7) is 10.9. The van der Waals surface area contributed by atoms with Gasteiger partial charge in [-0.1, -0.05) is 13.8 Å². The van der Waals surface area contributed by atoms with E-state index in [4.69, 9.17) is 47.0 Å². The van der Waals surface area contributed by atoms with Gasteiger partial charge in [0, 0.05) is 69.4 Å². The van der Waals surface area contributed by atoms with Crippen LogP contribution in [0.4, 0.5) is 0 Å². The van der Waals surface area contributed by atoms with E-state index >= 15 is 0 Å². The number of ether oxygens (including phenoxy) is 9. The predicted octanol–water partition coefficient (Wildman–Crippen LogP) is 1.87. The van der Waals surface area contributed by atoms with Crippen molar-refractivity contribution in [2.75, 3.05) is 7.11 Å². The number of carbonyl (C=O) groups is 6. The van der Waals surface area contributed by atoms with Gasteiger partial charge in [-0.3, -0.25) is 19.2 Å². The van der Waals surface area contributed by atoms with Gasteiger partial charge in [-0.15, -0.1) is 0 Å². The van der Waals surface area contributed by atoms with Gasteiger partial charge in [0.05, 0.1) is 25.1 Å². The fourth-order valence-corrected chi connectivity index (χ4v) is 12.5. The summed E-state index contributed by atoms with van der Waals surface area (Å²) in [6, 6.07) is 1.59. The lowest BCUT2D eigenvalue weighted by Crippen LogP contribution is -2.94. The SMILES string of the molecule is COC(=O)[C@H](OC(C)=O)[C@@H]1[C@]2(C)CC3(O)[C@](OC(C)=O)([C@@H]2OC(C)=O)[C@@H]2OC4(C)O[C@]5(C[C@@H](OC(C)=O)[C@@]6(C)C(=CC(=O)O[C@@H]6c6ccoc6)[C@]25O4)[C@]13C. The number of cyclic esters (lactones) is 1. The van der Waals surface area contributed by atoms with Gasteiger partial charge in [0.15, 0.2) is 11.7 Å². The molecule has 2 unspecified atom stereocenters. The van der Waals surface area contributed by atoms with Crippen LogP contribution < -0.4 is 0 Å². The van der Waals surface area contributed by atoms with Gasteiger partial charge in [0.2, 0.25) is 11.7 Å². The molecule has 0 amide bonds. The molecule has 17 heteroatoms. The van der Waals surface area contributed by atoms with E-state index in [-0.39, 0.29) is 18.4 Å². The number of aliphatic hydroxyl groups is 1. The molecule has 292 valence electrons. The lowest BCUT2D eigenvalue weighted by atomic mass is 9.34. The van der Waals surface area contributed by atoms with Crippen LogP contribution in [-0.2, 0) is 71.4 Å². The van der Waals surface area contributed by atoms with Crippen molar-refractivity contribution in [3.8, 4) is 0 Å². The number of methoxy groups -OCH3 is 1. The molecule has 1 aromatic heterocycles. The van der Waals surface area contributed by atoms with Crippen LogP contribution in [0, 0.1) is 22.2 Å². The lowest BCUT2D eigenvalue weighted by molar-refractivity contribution is -0.448. The number of fused-ring (bicyclic) bond motifs is 4. The van der Waals surface area contributed by atoms with Crippen molar-refractivity contribution in [2.45, 2.75) is 127 Å². The second-order valence-electron chi connectivity index (χ2n) is 16.3. The van der Waals surface area contributed by atoms with Crippen LogP contribution in [0.2, 0.25) is 0 Å². The Morgan fingerprint density at radius 3 is 2.20 bits per heavy atom. The molecule has 54 heavy (non-hydrogen) atoms. The summed E-state index contributed by atoms with van der Waals surface area (Å²) in [6.07, 6.45) is -4.04. The molecule has 4 saturated carbocycles. The molecule has 1 spiro atoms. The van der Waals surface area contributed by atoms with E-state index in [0.29, 0.717) is 5.56 Å². The molecule has 4 aliphatic carbocycles. The quantitative estimate of drug-likeness (QED) is 0.310. The highest BCUT2D eigenvalue weighted by Crippen LogP contribution is 2.88. The van der Waals surface area contributed by atoms with Crippen LogP contribution in [0.15, 0.2) is 34.7 Å². The summed E-state index contributed by atoms with van der Waals surface area (Å²) in [7, 11) is 1.10. The highest BCUT2D eigenvalue weighted by molar-refractivity contribution is 5.86. The summed E-state index contributed by atoms with van der Waals surface area (Å²) in [4.78, 5) is 80.3. The highest BCUT2D eigenvalue weighted by Gasteiger charge is 3.04. The van der Waals surface area contributed by atoms with E-state index < -0.39 is 117 Å². The van der Waals surface area contributed by atoms with E-state index in [9.17, 15) is 33.9 Å². The summed E-state index contributed by atoms with van der Waals surface area (Å²) in [5.41, 5.74) is -13.2. The maximum Gasteiger partial charge on any atom is 0.347 e. The minimum Gasteiger partial charge on any atom is -0.472 e. The van der Waals surface area contributed by atoms with Crippen molar-refractivity contribution in [2.24, 2.45) is 22.2 Å².